The number of piperazine rings is 1. The van der Waals surface area contributed by atoms with Gasteiger partial charge in [-0.25, -0.2) is 19.8 Å². The molecule has 10 nitrogen and oxygen atoms in total. The van der Waals surface area contributed by atoms with Crippen molar-refractivity contribution in [3.8, 4) is 0 Å². The first-order valence-electron chi connectivity index (χ1n) is 11.2. The zero-order valence-electron chi connectivity index (χ0n) is 19.4. The van der Waals surface area contributed by atoms with E-state index < -0.39 is 11.5 Å². The van der Waals surface area contributed by atoms with E-state index in [1.54, 1.807) is 37.0 Å². The second-order valence-corrected chi connectivity index (χ2v) is 8.12. The van der Waals surface area contributed by atoms with Gasteiger partial charge in [0.2, 0.25) is 5.95 Å². The Hall–Kier alpha value is -3.37. The molecule has 10 heteroatoms. The Morgan fingerprint density at radius 2 is 2.03 bits per heavy atom. The Morgan fingerprint density at radius 3 is 2.67 bits per heavy atom. The molecule has 1 fully saturated rings. The number of nitrogens with one attached hydrogen (secondary N) is 1. The number of aryl methyl sites for hydroxylation is 1. The number of pyridine rings is 2. The van der Waals surface area contributed by atoms with Gasteiger partial charge in [0.05, 0.1) is 18.5 Å². The van der Waals surface area contributed by atoms with E-state index in [1.165, 1.54) is 0 Å². The normalized spacial score (nSPS) is 14.6. The molecule has 0 spiro atoms. The van der Waals surface area contributed by atoms with Crippen molar-refractivity contribution in [2.75, 3.05) is 37.8 Å². The van der Waals surface area contributed by atoms with Crippen LogP contribution in [0.25, 0.3) is 11.0 Å². The molecule has 0 aliphatic carbocycles. The highest BCUT2D eigenvalue weighted by Crippen LogP contribution is 2.27. The maximum atomic E-state index is 13.4. The molecule has 3 aromatic rings. The summed E-state index contributed by atoms with van der Waals surface area (Å²) in [5.41, 5.74) is 1.45. The first kappa shape index (κ1) is 22.8. The van der Waals surface area contributed by atoms with Crippen LogP contribution < -0.4 is 15.9 Å². The van der Waals surface area contributed by atoms with Crippen LogP contribution in [0.4, 0.5) is 11.6 Å². The highest BCUT2D eigenvalue weighted by molar-refractivity contribution is 5.96. The van der Waals surface area contributed by atoms with Gasteiger partial charge in [0.15, 0.2) is 0 Å². The lowest BCUT2D eigenvalue weighted by molar-refractivity contribution is 0.0523. The molecule has 33 heavy (non-hydrogen) atoms. The predicted octanol–water partition coefficient (Wildman–Crippen LogP) is 2.21. The van der Waals surface area contributed by atoms with Gasteiger partial charge >= 0.3 is 5.97 Å². The zero-order valence-corrected chi connectivity index (χ0v) is 19.4. The standard InChI is InChI=1S/C23H29N7O3/c1-5-33-22(32)19-16(4)18-14-26-23(27-20(18)29(15(2)3)21(19)31)30(17-7-6-8-25-13-17)28-11-9-24-10-12-28/h6-8,13-15,24H,5,9-12H2,1-4H3. The van der Waals surface area contributed by atoms with E-state index in [9.17, 15) is 9.59 Å². The summed E-state index contributed by atoms with van der Waals surface area (Å²) in [5.74, 6) is -0.187. The monoisotopic (exact) mass is 451 g/mol. The Morgan fingerprint density at radius 1 is 1.27 bits per heavy atom. The number of anilines is 2. The number of hydrazine groups is 1. The fourth-order valence-electron chi connectivity index (χ4n) is 4.09. The summed E-state index contributed by atoms with van der Waals surface area (Å²) >= 11 is 0. The van der Waals surface area contributed by atoms with Crippen molar-refractivity contribution in [3.63, 3.8) is 0 Å². The molecule has 1 aliphatic rings. The number of esters is 1. The van der Waals surface area contributed by atoms with Gasteiger partial charge in [-0.05, 0) is 45.4 Å². The van der Waals surface area contributed by atoms with Crippen molar-refractivity contribution in [1.82, 2.24) is 29.8 Å². The van der Waals surface area contributed by atoms with E-state index in [1.807, 2.05) is 31.0 Å². The summed E-state index contributed by atoms with van der Waals surface area (Å²) in [5, 5.41) is 8.10. The third kappa shape index (κ3) is 4.31. The average Bonchev–Trinajstić information content (AvgIpc) is 2.80. The molecular weight excluding hydrogens is 422 g/mol. The third-order valence-corrected chi connectivity index (χ3v) is 5.65. The number of ether oxygens (including phenoxy) is 1. The van der Waals surface area contributed by atoms with Crippen LogP contribution in [0.2, 0.25) is 0 Å². The number of carbonyl (C=O) groups is 1. The quantitative estimate of drug-likeness (QED) is 0.565. The Labute approximate surface area is 192 Å². The number of aromatic nitrogens is 4. The van der Waals surface area contributed by atoms with E-state index >= 15 is 0 Å². The van der Waals surface area contributed by atoms with E-state index in [4.69, 9.17) is 9.72 Å². The average molecular weight is 452 g/mol. The summed E-state index contributed by atoms with van der Waals surface area (Å²) in [7, 11) is 0. The van der Waals surface area contributed by atoms with Crippen molar-refractivity contribution in [2.24, 2.45) is 0 Å². The van der Waals surface area contributed by atoms with Crippen LogP contribution in [0.15, 0.2) is 35.5 Å². The minimum atomic E-state index is -0.627. The molecule has 0 atom stereocenters. The van der Waals surface area contributed by atoms with E-state index in [-0.39, 0.29) is 18.2 Å². The lowest BCUT2D eigenvalue weighted by Gasteiger charge is -2.37. The van der Waals surface area contributed by atoms with Crippen molar-refractivity contribution >= 4 is 28.6 Å². The SMILES string of the molecule is CCOC(=O)c1c(C)c2cnc(N(c3cccnc3)N3CCNCC3)nc2n(C(C)C)c1=O. The molecule has 0 radical (unpaired) electrons. The van der Waals surface area contributed by atoms with E-state index in [0.717, 1.165) is 31.9 Å². The minimum absolute atomic E-state index is 0.0284. The van der Waals surface area contributed by atoms with Gasteiger partial charge in [0.25, 0.3) is 5.56 Å². The Bertz CT molecular complexity index is 1200. The van der Waals surface area contributed by atoms with Gasteiger partial charge in [0, 0.05) is 50.0 Å². The number of rotatable bonds is 6. The summed E-state index contributed by atoms with van der Waals surface area (Å²) in [6.45, 7) is 10.6. The molecule has 0 saturated carbocycles. The summed E-state index contributed by atoms with van der Waals surface area (Å²) in [4.78, 5) is 39.7. The molecule has 1 N–H and O–H groups in total. The zero-order chi connectivity index (χ0) is 23.5. The number of hydrogen-bond donors (Lipinski definition) is 1. The molecule has 1 aliphatic heterocycles. The van der Waals surface area contributed by atoms with Gasteiger partial charge in [-0.2, -0.15) is 4.98 Å². The topological polar surface area (TPSA) is 105 Å². The molecule has 0 bridgehead atoms. The maximum absolute atomic E-state index is 13.4. The summed E-state index contributed by atoms with van der Waals surface area (Å²) in [6.07, 6.45) is 5.16. The van der Waals surface area contributed by atoms with Crippen LogP contribution in [-0.4, -0.2) is 63.3 Å². The number of nitrogens with zero attached hydrogens (tertiary/aromatic N) is 6. The van der Waals surface area contributed by atoms with Crippen molar-refractivity contribution in [1.29, 1.82) is 0 Å². The fraction of sp³-hybridized carbons (Fsp3) is 0.435. The molecule has 4 rings (SSSR count). The third-order valence-electron chi connectivity index (χ3n) is 5.65. The number of carbonyl (C=O) groups excluding carboxylic acids is 1. The van der Waals surface area contributed by atoms with Gasteiger partial charge in [0.1, 0.15) is 11.2 Å². The number of fused-ring (bicyclic) bond motifs is 1. The molecule has 3 aromatic heterocycles. The van der Waals surface area contributed by atoms with Gasteiger partial charge in [-0.1, -0.05) is 0 Å². The molecule has 0 aromatic carbocycles. The largest absolute Gasteiger partial charge is 0.462 e. The molecular formula is C23H29N7O3. The van der Waals surface area contributed by atoms with Gasteiger partial charge < -0.3 is 10.1 Å². The second-order valence-electron chi connectivity index (χ2n) is 8.12. The van der Waals surface area contributed by atoms with Crippen LogP contribution in [-0.2, 0) is 4.74 Å². The Kier molecular flexibility index (Phi) is 6.66. The number of hydrogen-bond acceptors (Lipinski definition) is 9. The fourth-order valence-corrected chi connectivity index (χ4v) is 4.09. The highest BCUT2D eigenvalue weighted by Gasteiger charge is 2.27. The summed E-state index contributed by atoms with van der Waals surface area (Å²) < 4.78 is 6.69. The smallest absolute Gasteiger partial charge is 0.344 e. The van der Waals surface area contributed by atoms with Crippen molar-refractivity contribution < 1.29 is 9.53 Å². The van der Waals surface area contributed by atoms with E-state index in [0.29, 0.717) is 22.5 Å². The lowest BCUT2D eigenvalue weighted by atomic mass is 10.1. The lowest BCUT2D eigenvalue weighted by Crippen LogP contribution is -2.51. The first-order valence-corrected chi connectivity index (χ1v) is 11.2. The second kappa shape index (κ2) is 9.63. The molecule has 0 amide bonds. The minimum Gasteiger partial charge on any atom is -0.462 e. The molecule has 174 valence electrons. The van der Waals surface area contributed by atoms with E-state index in [2.05, 4.69) is 20.3 Å². The van der Waals surface area contributed by atoms with Crippen molar-refractivity contribution in [2.45, 2.75) is 33.7 Å². The van der Waals surface area contributed by atoms with Gasteiger partial charge in [-0.15, -0.1) is 0 Å². The van der Waals surface area contributed by atoms with Gasteiger partial charge in [-0.3, -0.25) is 14.3 Å². The van der Waals surface area contributed by atoms with Crippen LogP contribution in [0.1, 0.15) is 42.7 Å². The molecule has 0 unspecified atom stereocenters. The Balaban J connectivity index is 1.94. The molecule has 1 saturated heterocycles. The van der Waals surface area contributed by atoms with Crippen LogP contribution in [0.3, 0.4) is 0 Å². The van der Waals surface area contributed by atoms with Crippen LogP contribution in [0.5, 0.6) is 0 Å². The first-order chi connectivity index (χ1) is 15.9. The van der Waals surface area contributed by atoms with Crippen LogP contribution in [0, 0.1) is 6.92 Å². The maximum Gasteiger partial charge on any atom is 0.344 e. The molecule has 4 heterocycles. The van der Waals surface area contributed by atoms with Crippen molar-refractivity contribution in [3.05, 3.63) is 52.2 Å². The van der Waals surface area contributed by atoms with Crippen LogP contribution >= 0.6 is 0 Å². The predicted molar refractivity (Wildman–Crippen MR) is 126 cm³/mol. The summed E-state index contributed by atoms with van der Waals surface area (Å²) in [6, 6.07) is 3.60. The highest BCUT2D eigenvalue weighted by atomic mass is 16.5.